The molecule has 1 fully saturated rings. The number of primary sulfonamides is 1. The number of carbonyl (C=O) groups excluding carboxylic acids is 2. The molecule has 0 unspecified atom stereocenters. The van der Waals surface area contributed by atoms with Gasteiger partial charge in [0.15, 0.2) is 0 Å². The molecule has 0 spiro atoms. The van der Waals surface area contributed by atoms with Crippen LogP contribution in [0.4, 0.5) is 0 Å². The van der Waals surface area contributed by atoms with E-state index in [-0.39, 0.29) is 21.4 Å². The second-order valence-corrected chi connectivity index (χ2v) is 8.36. The van der Waals surface area contributed by atoms with Crippen molar-refractivity contribution in [2.45, 2.75) is 23.8 Å². The van der Waals surface area contributed by atoms with Gasteiger partial charge in [-0.25, -0.2) is 18.4 Å². The van der Waals surface area contributed by atoms with Gasteiger partial charge in [0, 0.05) is 18.7 Å². The molecule has 1 heterocycles. The SMILES string of the molecule is NS(=O)(=O)c1cc(C(=O)O[C@@H](C(=O)N2CCCC2)c2ccccc2)ccc1Cl. The number of likely N-dealkylation sites (tertiary alicyclic amines) is 1. The van der Waals surface area contributed by atoms with Crippen LogP contribution in [-0.2, 0) is 19.6 Å². The quantitative estimate of drug-likeness (QED) is 0.745. The van der Waals surface area contributed by atoms with E-state index in [1.165, 1.54) is 12.1 Å². The lowest BCUT2D eigenvalue weighted by Crippen LogP contribution is -2.34. The molecule has 0 bridgehead atoms. The molecule has 1 saturated heterocycles. The van der Waals surface area contributed by atoms with E-state index in [0.717, 1.165) is 18.9 Å². The molecule has 1 amide bonds. The van der Waals surface area contributed by atoms with Crippen molar-refractivity contribution in [3.05, 3.63) is 64.7 Å². The van der Waals surface area contributed by atoms with Crippen LogP contribution in [-0.4, -0.2) is 38.3 Å². The summed E-state index contributed by atoms with van der Waals surface area (Å²) in [7, 11) is -4.11. The van der Waals surface area contributed by atoms with Crippen LogP contribution in [0.5, 0.6) is 0 Å². The number of hydrogen-bond acceptors (Lipinski definition) is 5. The first-order valence-electron chi connectivity index (χ1n) is 8.64. The highest BCUT2D eigenvalue weighted by Crippen LogP contribution is 2.26. The van der Waals surface area contributed by atoms with E-state index < -0.39 is 22.1 Å². The highest BCUT2D eigenvalue weighted by Gasteiger charge is 2.31. The summed E-state index contributed by atoms with van der Waals surface area (Å²) in [6.07, 6.45) is 0.673. The fourth-order valence-corrected chi connectivity index (χ4v) is 4.09. The molecule has 0 aliphatic carbocycles. The van der Waals surface area contributed by atoms with Gasteiger partial charge in [0.25, 0.3) is 5.91 Å². The van der Waals surface area contributed by atoms with E-state index in [0.29, 0.717) is 18.7 Å². The van der Waals surface area contributed by atoms with Crippen LogP contribution in [0.2, 0.25) is 5.02 Å². The second kappa shape index (κ2) is 8.30. The zero-order valence-electron chi connectivity index (χ0n) is 14.9. The fourth-order valence-electron chi connectivity index (χ4n) is 3.02. The summed E-state index contributed by atoms with van der Waals surface area (Å²) in [6, 6.07) is 12.3. The van der Waals surface area contributed by atoms with Gasteiger partial charge in [-0.1, -0.05) is 41.9 Å². The van der Waals surface area contributed by atoms with Gasteiger partial charge < -0.3 is 9.64 Å². The van der Waals surface area contributed by atoms with E-state index >= 15 is 0 Å². The Morgan fingerprint density at radius 3 is 2.32 bits per heavy atom. The van der Waals surface area contributed by atoms with Crippen LogP contribution >= 0.6 is 11.6 Å². The summed E-state index contributed by atoms with van der Waals surface area (Å²) in [4.78, 5) is 26.8. The van der Waals surface area contributed by atoms with Gasteiger partial charge in [0.2, 0.25) is 16.1 Å². The zero-order valence-corrected chi connectivity index (χ0v) is 16.4. The number of nitrogens with zero attached hydrogens (tertiary/aromatic N) is 1. The molecule has 0 radical (unpaired) electrons. The van der Waals surface area contributed by atoms with Crippen molar-refractivity contribution in [2.24, 2.45) is 5.14 Å². The monoisotopic (exact) mass is 422 g/mol. The molecule has 148 valence electrons. The molecule has 3 rings (SSSR count). The molecular weight excluding hydrogens is 404 g/mol. The highest BCUT2D eigenvalue weighted by atomic mass is 35.5. The first-order valence-corrected chi connectivity index (χ1v) is 10.6. The standard InChI is InChI=1S/C19H19ClN2O5S/c20-15-9-8-14(12-16(15)28(21,25)26)19(24)27-17(13-6-2-1-3-7-13)18(23)22-10-4-5-11-22/h1-3,6-9,12,17H,4-5,10-11H2,(H2,21,25,26)/t17-/m1/s1. The number of nitrogens with two attached hydrogens (primary N) is 1. The maximum Gasteiger partial charge on any atom is 0.339 e. The van der Waals surface area contributed by atoms with Crippen LogP contribution in [0, 0.1) is 0 Å². The predicted molar refractivity (Wildman–Crippen MR) is 103 cm³/mol. The molecule has 2 aromatic carbocycles. The van der Waals surface area contributed by atoms with Gasteiger partial charge in [-0.05, 0) is 31.0 Å². The van der Waals surface area contributed by atoms with E-state index in [2.05, 4.69) is 0 Å². The first-order chi connectivity index (χ1) is 13.3. The molecule has 0 saturated carbocycles. The van der Waals surface area contributed by atoms with Crippen molar-refractivity contribution in [1.29, 1.82) is 0 Å². The van der Waals surface area contributed by atoms with Crippen molar-refractivity contribution in [1.82, 2.24) is 4.90 Å². The maximum atomic E-state index is 12.9. The Balaban J connectivity index is 1.90. The normalized spacial score (nSPS) is 15.3. The number of benzene rings is 2. The van der Waals surface area contributed by atoms with Gasteiger partial charge in [0.05, 0.1) is 10.6 Å². The second-order valence-electron chi connectivity index (χ2n) is 6.42. The molecule has 2 N–H and O–H groups in total. The fraction of sp³-hybridized carbons (Fsp3) is 0.263. The number of sulfonamides is 1. The molecule has 1 aliphatic heterocycles. The van der Waals surface area contributed by atoms with E-state index in [1.807, 2.05) is 0 Å². The number of rotatable bonds is 5. The lowest BCUT2D eigenvalue weighted by molar-refractivity contribution is -0.140. The van der Waals surface area contributed by atoms with Crippen LogP contribution in [0.1, 0.15) is 34.9 Å². The highest BCUT2D eigenvalue weighted by molar-refractivity contribution is 7.89. The third kappa shape index (κ3) is 4.52. The van der Waals surface area contributed by atoms with E-state index in [9.17, 15) is 18.0 Å². The number of esters is 1. The van der Waals surface area contributed by atoms with Gasteiger partial charge in [-0.3, -0.25) is 4.79 Å². The lowest BCUT2D eigenvalue weighted by atomic mass is 10.1. The van der Waals surface area contributed by atoms with Crippen LogP contribution in [0.15, 0.2) is 53.4 Å². The van der Waals surface area contributed by atoms with Gasteiger partial charge in [-0.2, -0.15) is 0 Å². The Hall–Kier alpha value is -2.42. The molecule has 2 aromatic rings. The van der Waals surface area contributed by atoms with Crippen molar-refractivity contribution in [3.63, 3.8) is 0 Å². The van der Waals surface area contributed by atoms with Crippen molar-refractivity contribution < 1.29 is 22.7 Å². The predicted octanol–water partition coefficient (Wildman–Crippen LogP) is 2.51. The van der Waals surface area contributed by atoms with Gasteiger partial charge in [-0.15, -0.1) is 0 Å². The van der Waals surface area contributed by atoms with E-state index in [1.54, 1.807) is 35.2 Å². The van der Waals surface area contributed by atoms with Crippen molar-refractivity contribution in [3.8, 4) is 0 Å². The minimum atomic E-state index is -4.11. The Labute approximate surface area is 168 Å². The molecular formula is C19H19ClN2O5S. The Bertz CT molecular complexity index is 989. The van der Waals surface area contributed by atoms with Crippen molar-refractivity contribution in [2.75, 3.05) is 13.1 Å². The third-order valence-electron chi connectivity index (χ3n) is 4.44. The third-order valence-corrected chi connectivity index (χ3v) is 5.84. The topological polar surface area (TPSA) is 107 Å². The molecule has 0 aromatic heterocycles. The minimum absolute atomic E-state index is 0.0661. The lowest BCUT2D eigenvalue weighted by Gasteiger charge is -2.23. The average molecular weight is 423 g/mol. The van der Waals surface area contributed by atoms with Crippen LogP contribution in [0.25, 0.3) is 0 Å². The Morgan fingerprint density at radius 1 is 1.07 bits per heavy atom. The van der Waals surface area contributed by atoms with Crippen LogP contribution < -0.4 is 5.14 Å². The summed E-state index contributed by atoms with van der Waals surface area (Å²) in [5.41, 5.74) is 0.469. The Kier molecular flexibility index (Phi) is 6.02. The maximum absolute atomic E-state index is 12.9. The number of hydrogen-bond donors (Lipinski definition) is 1. The summed E-state index contributed by atoms with van der Waals surface area (Å²) >= 11 is 5.85. The molecule has 1 aliphatic rings. The number of amides is 1. The molecule has 28 heavy (non-hydrogen) atoms. The van der Waals surface area contributed by atoms with E-state index in [4.69, 9.17) is 21.5 Å². The number of halogens is 1. The summed E-state index contributed by atoms with van der Waals surface area (Å²) in [5, 5.41) is 5.02. The molecule has 9 heteroatoms. The van der Waals surface area contributed by atoms with Crippen LogP contribution in [0.3, 0.4) is 0 Å². The zero-order chi connectivity index (χ0) is 20.3. The van der Waals surface area contributed by atoms with Crippen molar-refractivity contribution >= 4 is 33.5 Å². The first kappa shape index (κ1) is 20.3. The smallest absolute Gasteiger partial charge is 0.339 e. The summed E-state index contributed by atoms with van der Waals surface area (Å²) in [6.45, 7) is 1.21. The minimum Gasteiger partial charge on any atom is -0.444 e. The largest absolute Gasteiger partial charge is 0.444 e. The average Bonchev–Trinajstić information content (AvgIpc) is 3.20. The molecule has 7 nitrogen and oxygen atoms in total. The van der Waals surface area contributed by atoms with Gasteiger partial charge in [0.1, 0.15) is 4.90 Å². The molecule has 1 atom stereocenters. The van der Waals surface area contributed by atoms with Gasteiger partial charge >= 0.3 is 5.97 Å². The summed E-state index contributed by atoms with van der Waals surface area (Å²) in [5.74, 6) is -1.15. The number of ether oxygens (including phenoxy) is 1. The summed E-state index contributed by atoms with van der Waals surface area (Å²) < 4.78 is 28.8. The Morgan fingerprint density at radius 2 is 1.71 bits per heavy atom. The number of carbonyl (C=O) groups is 2.